The van der Waals surface area contributed by atoms with E-state index in [1.54, 1.807) is 6.08 Å². The molecule has 2 aliphatic rings. The van der Waals surface area contributed by atoms with Crippen molar-refractivity contribution in [2.45, 2.75) is 45.6 Å². The number of nitrogens with zero attached hydrogens (tertiary/aromatic N) is 2. The van der Waals surface area contributed by atoms with Crippen molar-refractivity contribution in [3.05, 3.63) is 83.2 Å². The first-order valence-corrected chi connectivity index (χ1v) is 11.7. The van der Waals surface area contributed by atoms with Crippen molar-refractivity contribution in [1.82, 2.24) is 14.8 Å². The Morgan fingerprint density at radius 3 is 2.21 bits per heavy atom. The lowest BCUT2D eigenvalue weighted by Gasteiger charge is -2.31. The van der Waals surface area contributed by atoms with Crippen LogP contribution in [0.2, 0.25) is 0 Å². The summed E-state index contributed by atoms with van der Waals surface area (Å²) < 4.78 is 2.10. The number of urea groups is 1. The van der Waals surface area contributed by atoms with Gasteiger partial charge in [0.05, 0.1) is 0 Å². The second-order valence-electron chi connectivity index (χ2n) is 9.01. The van der Waals surface area contributed by atoms with Crippen LogP contribution in [0, 0.1) is 13.8 Å². The number of amides is 4. The predicted octanol–water partition coefficient (Wildman–Crippen LogP) is 5.17. The lowest BCUT2D eigenvalue weighted by atomic mass is 10.1. The minimum atomic E-state index is -0.638. The molecule has 1 aliphatic heterocycles. The molecular weight excluding hydrogens is 426 g/mol. The molecular formula is C28H27N3O3. The van der Waals surface area contributed by atoms with Crippen molar-refractivity contribution < 1.29 is 14.4 Å². The number of carbonyl (C=O) groups excluding carboxylic acids is 3. The van der Waals surface area contributed by atoms with Crippen molar-refractivity contribution in [3.8, 4) is 16.8 Å². The summed E-state index contributed by atoms with van der Waals surface area (Å²) >= 11 is 0. The van der Waals surface area contributed by atoms with Crippen LogP contribution in [0.1, 0.15) is 42.6 Å². The summed E-state index contributed by atoms with van der Waals surface area (Å²) in [5.41, 5.74) is 5.99. The number of aryl methyl sites for hydroxylation is 1. The Labute approximate surface area is 198 Å². The van der Waals surface area contributed by atoms with Gasteiger partial charge in [0.2, 0.25) is 0 Å². The molecule has 4 amide bonds. The number of benzene rings is 2. The second kappa shape index (κ2) is 8.78. The van der Waals surface area contributed by atoms with Gasteiger partial charge in [0.25, 0.3) is 11.8 Å². The summed E-state index contributed by atoms with van der Waals surface area (Å²) in [7, 11) is 0. The highest BCUT2D eigenvalue weighted by atomic mass is 16.2. The smallest absolute Gasteiger partial charge is 0.318 e. The van der Waals surface area contributed by atoms with Gasteiger partial charge in [0.15, 0.2) is 0 Å². The number of hydrogen-bond donors (Lipinski definition) is 1. The van der Waals surface area contributed by atoms with Gasteiger partial charge in [-0.15, -0.1) is 0 Å². The number of rotatable bonds is 4. The maximum Gasteiger partial charge on any atom is 0.331 e. The molecule has 1 aromatic heterocycles. The zero-order valence-corrected chi connectivity index (χ0v) is 19.4. The predicted molar refractivity (Wildman–Crippen MR) is 131 cm³/mol. The van der Waals surface area contributed by atoms with Crippen LogP contribution in [-0.4, -0.2) is 33.4 Å². The van der Waals surface area contributed by atoms with Crippen LogP contribution in [0.25, 0.3) is 22.9 Å². The summed E-state index contributed by atoms with van der Waals surface area (Å²) in [6.07, 6.45) is 5.16. The van der Waals surface area contributed by atoms with Gasteiger partial charge < -0.3 is 4.57 Å². The molecule has 1 saturated carbocycles. The van der Waals surface area contributed by atoms with E-state index in [0.717, 1.165) is 59.4 Å². The summed E-state index contributed by atoms with van der Waals surface area (Å²) in [6, 6.07) is 19.7. The van der Waals surface area contributed by atoms with E-state index in [4.69, 9.17) is 0 Å². The van der Waals surface area contributed by atoms with Gasteiger partial charge in [0, 0.05) is 23.1 Å². The van der Waals surface area contributed by atoms with Crippen molar-refractivity contribution in [3.63, 3.8) is 0 Å². The Morgan fingerprint density at radius 1 is 0.882 bits per heavy atom. The van der Waals surface area contributed by atoms with E-state index in [1.165, 1.54) is 4.90 Å². The van der Waals surface area contributed by atoms with Crippen LogP contribution < -0.4 is 5.32 Å². The number of nitrogens with one attached hydrogen (secondary N) is 1. The van der Waals surface area contributed by atoms with Crippen molar-refractivity contribution in [1.29, 1.82) is 0 Å². The van der Waals surface area contributed by atoms with E-state index in [-0.39, 0.29) is 11.6 Å². The molecule has 0 bridgehead atoms. The SMILES string of the molecule is Cc1cc(/C=C2/C(=O)NC(=O)N(C3CCCC3)C2=O)c(C)n1-c1ccc(-c2ccccc2)cc1. The molecule has 5 rings (SSSR count). The zero-order valence-electron chi connectivity index (χ0n) is 19.4. The molecule has 0 spiro atoms. The van der Waals surface area contributed by atoms with Gasteiger partial charge in [-0.1, -0.05) is 55.3 Å². The minimum Gasteiger partial charge on any atom is -0.318 e. The number of hydrogen-bond acceptors (Lipinski definition) is 3. The Kier molecular flexibility index (Phi) is 5.65. The molecule has 0 atom stereocenters. The average molecular weight is 454 g/mol. The molecule has 3 aromatic rings. The van der Waals surface area contributed by atoms with Crippen molar-refractivity contribution in [2.24, 2.45) is 0 Å². The molecule has 1 N–H and O–H groups in total. The molecule has 6 heteroatoms. The topological polar surface area (TPSA) is 71.4 Å². The highest BCUT2D eigenvalue weighted by molar-refractivity contribution is 6.31. The summed E-state index contributed by atoms with van der Waals surface area (Å²) in [5.74, 6) is -1.14. The largest absolute Gasteiger partial charge is 0.331 e. The fourth-order valence-corrected chi connectivity index (χ4v) is 5.09. The quantitative estimate of drug-likeness (QED) is 0.438. The molecule has 2 aromatic carbocycles. The first kappa shape index (κ1) is 21.9. The third kappa shape index (κ3) is 3.85. The van der Waals surface area contributed by atoms with Crippen LogP contribution in [-0.2, 0) is 9.59 Å². The lowest BCUT2D eigenvalue weighted by molar-refractivity contribution is -0.131. The van der Waals surface area contributed by atoms with Gasteiger partial charge in [-0.3, -0.25) is 19.8 Å². The molecule has 1 saturated heterocycles. The standard InChI is InChI=1S/C28H27N3O3/c1-18-16-22(17-25-26(32)29-28(34)31(27(25)33)23-10-6-7-11-23)19(2)30(18)24-14-12-21(13-15-24)20-8-4-3-5-9-20/h3-5,8-9,12-17,23H,6-7,10-11H2,1-2H3,(H,29,32,34)/b25-17-. The second-order valence-corrected chi connectivity index (χ2v) is 9.01. The molecule has 6 nitrogen and oxygen atoms in total. The third-order valence-electron chi connectivity index (χ3n) is 6.83. The monoisotopic (exact) mass is 453 g/mol. The number of aromatic nitrogens is 1. The molecule has 172 valence electrons. The van der Waals surface area contributed by atoms with E-state index < -0.39 is 17.8 Å². The minimum absolute atomic E-state index is 0.00572. The Balaban J connectivity index is 1.47. The van der Waals surface area contributed by atoms with Gasteiger partial charge in [-0.05, 0) is 67.7 Å². The molecule has 0 unspecified atom stereocenters. The van der Waals surface area contributed by atoms with E-state index in [0.29, 0.717) is 0 Å². The lowest BCUT2D eigenvalue weighted by Crippen LogP contribution is -2.57. The molecule has 34 heavy (non-hydrogen) atoms. The van der Waals surface area contributed by atoms with Gasteiger partial charge in [0.1, 0.15) is 5.57 Å². The van der Waals surface area contributed by atoms with Crippen LogP contribution in [0.5, 0.6) is 0 Å². The van der Waals surface area contributed by atoms with Gasteiger partial charge in [-0.2, -0.15) is 0 Å². The maximum atomic E-state index is 13.2. The summed E-state index contributed by atoms with van der Waals surface area (Å²) in [4.78, 5) is 39.3. The molecule has 2 heterocycles. The van der Waals surface area contributed by atoms with Crippen LogP contribution in [0.4, 0.5) is 4.79 Å². The Hall–Kier alpha value is -3.93. The first-order chi connectivity index (χ1) is 16.4. The van der Waals surface area contributed by atoms with E-state index in [1.807, 2.05) is 38.1 Å². The fraction of sp³-hybridized carbons (Fsp3) is 0.250. The van der Waals surface area contributed by atoms with Crippen LogP contribution in [0.3, 0.4) is 0 Å². The van der Waals surface area contributed by atoms with Gasteiger partial charge in [-0.25, -0.2) is 4.79 Å². The van der Waals surface area contributed by atoms with E-state index >= 15 is 0 Å². The van der Waals surface area contributed by atoms with E-state index in [2.05, 4.69) is 46.3 Å². The number of barbiturate groups is 1. The van der Waals surface area contributed by atoms with Crippen LogP contribution >= 0.6 is 0 Å². The molecule has 0 radical (unpaired) electrons. The Bertz CT molecular complexity index is 1300. The fourth-order valence-electron chi connectivity index (χ4n) is 5.09. The van der Waals surface area contributed by atoms with Crippen molar-refractivity contribution >= 4 is 23.9 Å². The summed E-state index contributed by atoms with van der Waals surface area (Å²) in [6.45, 7) is 3.97. The van der Waals surface area contributed by atoms with Crippen LogP contribution in [0.15, 0.2) is 66.2 Å². The average Bonchev–Trinajstić information content (AvgIpc) is 3.45. The normalized spacial score (nSPS) is 18.1. The molecule has 1 aliphatic carbocycles. The maximum absolute atomic E-state index is 13.2. The highest BCUT2D eigenvalue weighted by Gasteiger charge is 2.40. The first-order valence-electron chi connectivity index (χ1n) is 11.7. The summed E-state index contributed by atoms with van der Waals surface area (Å²) in [5, 5.41) is 2.35. The Morgan fingerprint density at radius 2 is 1.53 bits per heavy atom. The number of carbonyl (C=O) groups is 3. The highest BCUT2D eigenvalue weighted by Crippen LogP contribution is 2.29. The van der Waals surface area contributed by atoms with Gasteiger partial charge >= 0.3 is 6.03 Å². The number of imide groups is 2. The molecule has 2 fully saturated rings. The van der Waals surface area contributed by atoms with E-state index in [9.17, 15) is 14.4 Å². The zero-order chi connectivity index (χ0) is 23.8. The van der Waals surface area contributed by atoms with Crippen molar-refractivity contribution in [2.75, 3.05) is 0 Å². The third-order valence-corrected chi connectivity index (χ3v) is 6.83.